The fraction of sp³-hybridized carbons (Fsp3) is 0.333. The van der Waals surface area contributed by atoms with E-state index in [0.29, 0.717) is 4.58 Å². The molecule has 0 N–H and O–H groups in total. The molecule has 0 aromatic rings. The average molecular weight is 186 g/mol. The van der Waals surface area contributed by atoms with Crippen LogP contribution < -0.4 is 0 Å². The van der Waals surface area contributed by atoms with Gasteiger partial charge in [0, 0.05) is 11.5 Å². The summed E-state index contributed by atoms with van der Waals surface area (Å²) in [6.45, 7) is 11.1. The minimum atomic E-state index is 0.478. The van der Waals surface area contributed by atoms with Crippen molar-refractivity contribution in [2.45, 2.75) is 4.58 Å². The Morgan fingerprint density at radius 3 is 1.73 bits per heavy atom. The van der Waals surface area contributed by atoms with Crippen molar-refractivity contribution in [3.05, 3.63) is 38.0 Å². The predicted molar refractivity (Wildman–Crippen MR) is 59.3 cm³/mol. The highest BCUT2D eigenvalue weighted by atomic mass is 32.2. The Morgan fingerprint density at radius 2 is 1.45 bits per heavy atom. The van der Waals surface area contributed by atoms with E-state index in [-0.39, 0.29) is 0 Å². The van der Waals surface area contributed by atoms with Gasteiger partial charge in [0.05, 0.1) is 4.58 Å². The number of thioether (sulfide) groups is 2. The summed E-state index contributed by atoms with van der Waals surface area (Å²) in [5.74, 6) is 1.97. The van der Waals surface area contributed by atoms with Crippen LogP contribution in [0.1, 0.15) is 0 Å². The van der Waals surface area contributed by atoms with Gasteiger partial charge in [0.1, 0.15) is 0 Å². The summed E-state index contributed by atoms with van der Waals surface area (Å²) in [5.41, 5.74) is 0. The van der Waals surface area contributed by atoms with Gasteiger partial charge in [-0.3, -0.25) is 0 Å². The molecule has 0 aliphatic carbocycles. The first-order chi connectivity index (χ1) is 5.35. The molecule has 0 aliphatic heterocycles. The van der Waals surface area contributed by atoms with Gasteiger partial charge in [-0.25, -0.2) is 0 Å². The molecular formula is C9H14S2. The van der Waals surface area contributed by atoms with E-state index in [1.165, 1.54) is 0 Å². The first-order valence-electron chi connectivity index (χ1n) is 3.42. The number of hydrogen-bond donors (Lipinski definition) is 0. The molecule has 0 rings (SSSR count). The maximum absolute atomic E-state index is 3.76. The van der Waals surface area contributed by atoms with Crippen LogP contribution in [0.2, 0.25) is 0 Å². The molecule has 0 atom stereocenters. The molecule has 0 heterocycles. The third kappa shape index (κ3) is 6.32. The third-order valence-electron chi connectivity index (χ3n) is 0.949. The van der Waals surface area contributed by atoms with Gasteiger partial charge >= 0.3 is 0 Å². The molecule has 2 heteroatoms. The summed E-state index contributed by atoms with van der Waals surface area (Å²) in [5, 5.41) is 0. The summed E-state index contributed by atoms with van der Waals surface area (Å²) >= 11 is 3.68. The molecule has 62 valence electrons. The van der Waals surface area contributed by atoms with Crippen LogP contribution in [0.25, 0.3) is 0 Å². The quantitative estimate of drug-likeness (QED) is 0.442. The topological polar surface area (TPSA) is 0 Å². The summed E-state index contributed by atoms with van der Waals surface area (Å²) in [4.78, 5) is 0. The zero-order valence-corrected chi connectivity index (χ0v) is 8.29. The lowest BCUT2D eigenvalue weighted by Crippen LogP contribution is -1.92. The standard InChI is InChI=1S/C9H14S2/c1-4-7-10-9(6-3)11-8-5-2/h4-6,9H,1-3,7-8H2. The predicted octanol–water partition coefficient (Wildman–Crippen LogP) is 3.34. The molecule has 0 saturated carbocycles. The molecule has 0 amide bonds. The minimum absolute atomic E-state index is 0.478. The largest absolute Gasteiger partial charge is 0.139 e. The maximum atomic E-state index is 3.76. The highest BCUT2D eigenvalue weighted by molar-refractivity contribution is 8.17. The van der Waals surface area contributed by atoms with E-state index >= 15 is 0 Å². The Labute approximate surface area is 77.8 Å². The van der Waals surface area contributed by atoms with E-state index in [2.05, 4.69) is 19.7 Å². The summed E-state index contributed by atoms with van der Waals surface area (Å²) in [7, 11) is 0. The van der Waals surface area contributed by atoms with Crippen LogP contribution >= 0.6 is 23.5 Å². The molecule has 0 aromatic carbocycles. The van der Waals surface area contributed by atoms with Crippen LogP contribution in [0.3, 0.4) is 0 Å². The highest BCUT2D eigenvalue weighted by Gasteiger charge is 2.00. The van der Waals surface area contributed by atoms with E-state index < -0.39 is 0 Å². The van der Waals surface area contributed by atoms with E-state index in [4.69, 9.17) is 0 Å². The van der Waals surface area contributed by atoms with Crippen molar-refractivity contribution in [1.82, 2.24) is 0 Å². The molecule has 0 unspecified atom stereocenters. The molecule has 0 saturated heterocycles. The molecule has 0 nitrogen and oxygen atoms in total. The van der Waals surface area contributed by atoms with Crippen molar-refractivity contribution in [2.75, 3.05) is 11.5 Å². The van der Waals surface area contributed by atoms with Crippen LogP contribution in [0.4, 0.5) is 0 Å². The Bertz CT molecular complexity index is 118. The maximum Gasteiger partial charge on any atom is 0.0685 e. The second-order valence-corrected chi connectivity index (χ2v) is 4.50. The van der Waals surface area contributed by atoms with Crippen LogP contribution in [0.5, 0.6) is 0 Å². The van der Waals surface area contributed by atoms with Gasteiger partial charge in [-0.05, 0) is 0 Å². The molecular weight excluding hydrogens is 172 g/mol. The van der Waals surface area contributed by atoms with Crippen molar-refractivity contribution < 1.29 is 0 Å². The smallest absolute Gasteiger partial charge is 0.0685 e. The van der Waals surface area contributed by atoms with Gasteiger partial charge in [-0.2, -0.15) is 0 Å². The molecule has 0 aromatic heterocycles. The Kier molecular flexibility index (Phi) is 7.96. The Balaban J connectivity index is 3.47. The fourth-order valence-electron chi connectivity index (χ4n) is 0.510. The summed E-state index contributed by atoms with van der Waals surface area (Å²) in [6, 6.07) is 0. The molecule has 11 heavy (non-hydrogen) atoms. The van der Waals surface area contributed by atoms with Crippen LogP contribution in [0.15, 0.2) is 38.0 Å². The van der Waals surface area contributed by atoms with Crippen molar-refractivity contribution in [1.29, 1.82) is 0 Å². The lowest BCUT2D eigenvalue weighted by Gasteiger charge is -2.07. The molecule has 0 aliphatic rings. The van der Waals surface area contributed by atoms with Crippen LogP contribution in [-0.4, -0.2) is 16.1 Å². The Morgan fingerprint density at radius 1 is 1.00 bits per heavy atom. The van der Waals surface area contributed by atoms with Crippen LogP contribution in [-0.2, 0) is 0 Å². The SMILES string of the molecule is C=CCSC(C=C)SCC=C. The van der Waals surface area contributed by atoms with Gasteiger partial charge in [0.2, 0.25) is 0 Å². The average Bonchev–Trinajstić information content (AvgIpc) is 2.05. The van der Waals surface area contributed by atoms with Crippen molar-refractivity contribution >= 4 is 23.5 Å². The van der Waals surface area contributed by atoms with Gasteiger partial charge in [0.15, 0.2) is 0 Å². The molecule has 0 fully saturated rings. The van der Waals surface area contributed by atoms with E-state index in [9.17, 15) is 0 Å². The van der Waals surface area contributed by atoms with Gasteiger partial charge in [-0.1, -0.05) is 18.2 Å². The number of rotatable bonds is 7. The monoisotopic (exact) mass is 186 g/mol. The summed E-state index contributed by atoms with van der Waals surface area (Å²) < 4.78 is 0.478. The van der Waals surface area contributed by atoms with Crippen molar-refractivity contribution in [3.8, 4) is 0 Å². The lowest BCUT2D eigenvalue weighted by molar-refractivity contribution is 1.62. The second-order valence-electron chi connectivity index (χ2n) is 1.85. The lowest BCUT2D eigenvalue weighted by atomic mass is 10.7. The third-order valence-corrected chi connectivity index (χ3v) is 3.66. The summed E-state index contributed by atoms with van der Waals surface area (Å²) in [6.07, 6.45) is 5.79. The first-order valence-corrected chi connectivity index (χ1v) is 5.52. The second kappa shape index (κ2) is 8.02. The van der Waals surface area contributed by atoms with Gasteiger partial charge in [-0.15, -0.1) is 43.3 Å². The zero-order chi connectivity index (χ0) is 8.53. The minimum Gasteiger partial charge on any atom is -0.139 e. The fourth-order valence-corrected chi connectivity index (χ4v) is 2.29. The number of hydrogen-bond acceptors (Lipinski definition) is 2. The van der Waals surface area contributed by atoms with E-state index in [1.807, 2.05) is 41.8 Å². The molecule has 0 spiro atoms. The van der Waals surface area contributed by atoms with Crippen molar-refractivity contribution in [2.24, 2.45) is 0 Å². The Hall–Kier alpha value is -0.0800. The van der Waals surface area contributed by atoms with Gasteiger partial charge < -0.3 is 0 Å². The molecule has 0 bridgehead atoms. The normalized spacial score (nSPS) is 9.55. The van der Waals surface area contributed by atoms with Crippen LogP contribution in [0, 0.1) is 0 Å². The van der Waals surface area contributed by atoms with Gasteiger partial charge in [0.25, 0.3) is 0 Å². The van der Waals surface area contributed by atoms with E-state index in [0.717, 1.165) is 11.5 Å². The van der Waals surface area contributed by atoms with E-state index in [1.54, 1.807) is 0 Å². The first kappa shape index (κ1) is 10.9. The highest BCUT2D eigenvalue weighted by Crippen LogP contribution is 2.24. The van der Waals surface area contributed by atoms with Crippen molar-refractivity contribution in [3.63, 3.8) is 0 Å². The zero-order valence-electron chi connectivity index (χ0n) is 6.66. The molecule has 0 radical (unpaired) electrons.